The molecule has 2 aromatic carbocycles. The molecule has 2 rings (SSSR count). The molecular weight excluding hydrogens is 420 g/mol. The zero-order valence-corrected chi connectivity index (χ0v) is 17.1. The van der Waals surface area contributed by atoms with Crippen LogP contribution in [0.15, 0.2) is 46.9 Å². The van der Waals surface area contributed by atoms with Gasteiger partial charge in [-0.25, -0.2) is 0 Å². The predicted octanol–water partition coefficient (Wildman–Crippen LogP) is 4.24. The summed E-state index contributed by atoms with van der Waals surface area (Å²) in [5.74, 6) is -0.357. The third-order valence-corrected chi connectivity index (χ3v) is 4.37. The summed E-state index contributed by atoms with van der Waals surface area (Å²) >= 11 is 9.39. The molecule has 0 bridgehead atoms. The molecular formula is C19H20BrClN2O3. The first-order chi connectivity index (χ1) is 12.2. The van der Waals surface area contributed by atoms with Gasteiger partial charge in [0.05, 0.1) is 10.6 Å². The molecule has 2 N–H and O–H groups in total. The molecule has 0 fully saturated rings. The van der Waals surface area contributed by atoms with Crippen LogP contribution in [0.1, 0.15) is 36.7 Å². The summed E-state index contributed by atoms with van der Waals surface area (Å²) in [6.07, 6.45) is 0. The molecule has 0 spiro atoms. The minimum Gasteiger partial charge on any atom is -0.483 e. The second-order valence-electron chi connectivity index (χ2n) is 6.66. The van der Waals surface area contributed by atoms with Gasteiger partial charge in [0.1, 0.15) is 5.75 Å². The molecule has 0 atom stereocenters. The van der Waals surface area contributed by atoms with Crippen molar-refractivity contribution >= 4 is 39.3 Å². The van der Waals surface area contributed by atoms with Gasteiger partial charge in [-0.2, -0.15) is 0 Å². The SMILES string of the molecule is CC(C)(C)c1cc(Br)ccc1OCC(=O)NNC(=O)c1ccccc1Cl. The Morgan fingerprint density at radius 3 is 2.46 bits per heavy atom. The lowest BCUT2D eigenvalue weighted by Gasteiger charge is -2.23. The monoisotopic (exact) mass is 438 g/mol. The minimum absolute atomic E-state index is 0.145. The second-order valence-corrected chi connectivity index (χ2v) is 7.98. The van der Waals surface area contributed by atoms with E-state index < -0.39 is 11.8 Å². The number of carbonyl (C=O) groups excluding carboxylic acids is 2. The number of halogens is 2. The Bertz CT molecular complexity index is 819. The Labute approximate surface area is 166 Å². The van der Waals surface area contributed by atoms with Crippen LogP contribution in [-0.2, 0) is 10.2 Å². The van der Waals surface area contributed by atoms with Gasteiger partial charge in [-0.3, -0.25) is 20.4 Å². The molecule has 2 amide bonds. The molecule has 7 heteroatoms. The number of hydrogen-bond donors (Lipinski definition) is 2. The maximum Gasteiger partial charge on any atom is 0.276 e. The van der Waals surface area contributed by atoms with Crippen LogP contribution in [0, 0.1) is 0 Å². The van der Waals surface area contributed by atoms with Gasteiger partial charge < -0.3 is 4.74 Å². The molecule has 0 saturated carbocycles. The van der Waals surface area contributed by atoms with Gasteiger partial charge in [-0.05, 0) is 35.7 Å². The number of benzene rings is 2. The van der Waals surface area contributed by atoms with Crippen molar-refractivity contribution in [2.45, 2.75) is 26.2 Å². The molecule has 0 aliphatic carbocycles. The van der Waals surface area contributed by atoms with E-state index in [-0.39, 0.29) is 17.6 Å². The topological polar surface area (TPSA) is 67.4 Å². The van der Waals surface area contributed by atoms with Gasteiger partial charge >= 0.3 is 0 Å². The van der Waals surface area contributed by atoms with E-state index in [4.69, 9.17) is 16.3 Å². The van der Waals surface area contributed by atoms with E-state index in [0.29, 0.717) is 10.8 Å². The smallest absolute Gasteiger partial charge is 0.276 e. The summed E-state index contributed by atoms with van der Waals surface area (Å²) in [7, 11) is 0. The van der Waals surface area contributed by atoms with E-state index in [0.717, 1.165) is 10.0 Å². The van der Waals surface area contributed by atoms with Crippen LogP contribution in [0.2, 0.25) is 5.02 Å². The minimum atomic E-state index is -0.497. The van der Waals surface area contributed by atoms with E-state index >= 15 is 0 Å². The summed E-state index contributed by atoms with van der Waals surface area (Å²) in [5.41, 5.74) is 5.74. The molecule has 5 nitrogen and oxygen atoms in total. The predicted molar refractivity (Wildman–Crippen MR) is 105 cm³/mol. The average Bonchev–Trinajstić information content (AvgIpc) is 2.58. The van der Waals surface area contributed by atoms with Gasteiger partial charge in [-0.1, -0.05) is 60.4 Å². The molecule has 0 heterocycles. The second kappa shape index (κ2) is 8.56. The maximum absolute atomic E-state index is 12.0. The van der Waals surface area contributed by atoms with E-state index in [2.05, 4.69) is 47.6 Å². The number of rotatable bonds is 4. The van der Waals surface area contributed by atoms with Crippen LogP contribution in [0.5, 0.6) is 5.75 Å². The summed E-state index contributed by atoms with van der Waals surface area (Å²) in [5, 5.41) is 0.306. The van der Waals surface area contributed by atoms with Crippen LogP contribution in [0.25, 0.3) is 0 Å². The van der Waals surface area contributed by atoms with Gasteiger partial charge in [0.25, 0.3) is 11.8 Å². The molecule has 0 aromatic heterocycles. The first kappa shape index (κ1) is 20.3. The number of carbonyl (C=O) groups is 2. The highest BCUT2D eigenvalue weighted by molar-refractivity contribution is 9.10. The Morgan fingerprint density at radius 1 is 1.12 bits per heavy atom. The molecule has 0 radical (unpaired) electrons. The highest BCUT2D eigenvalue weighted by atomic mass is 79.9. The molecule has 0 saturated heterocycles. The fourth-order valence-corrected chi connectivity index (χ4v) is 2.82. The highest BCUT2D eigenvalue weighted by Crippen LogP contribution is 2.33. The number of amides is 2. The Kier molecular flexibility index (Phi) is 6.67. The van der Waals surface area contributed by atoms with Gasteiger partial charge in [0, 0.05) is 10.0 Å². The van der Waals surface area contributed by atoms with Gasteiger partial charge in [0.2, 0.25) is 0 Å². The maximum atomic E-state index is 12.0. The fraction of sp³-hybridized carbons (Fsp3) is 0.263. The van der Waals surface area contributed by atoms with Crippen molar-refractivity contribution in [3.63, 3.8) is 0 Å². The summed E-state index contributed by atoms with van der Waals surface area (Å²) < 4.78 is 6.57. The van der Waals surface area contributed by atoms with Crippen LogP contribution >= 0.6 is 27.5 Å². The Balaban J connectivity index is 1.94. The van der Waals surface area contributed by atoms with Crippen molar-refractivity contribution < 1.29 is 14.3 Å². The van der Waals surface area contributed by atoms with Crippen molar-refractivity contribution in [1.82, 2.24) is 10.9 Å². The molecule has 0 unspecified atom stereocenters. The largest absolute Gasteiger partial charge is 0.483 e. The summed E-state index contributed by atoms with van der Waals surface area (Å²) in [6.45, 7) is 5.95. The first-order valence-corrected chi connectivity index (χ1v) is 9.12. The summed E-state index contributed by atoms with van der Waals surface area (Å²) in [4.78, 5) is 24.0. The summed E-state index contributed by atoms with van der Waals surface area (Å²) in [6, 6.07) is 12.2. The zero-order valence-electron chi connectivity index (χ0n) is 14.7. The molecule has 26 heavy (non-hydrogen) atoms. The number of ether oxygens (including phenoxy) is 1. The Hall–Kier alpha value is -2.05. The van der Waals surface area contributed by atoms with E-state index in [1.54, 1.807) is 30.3 Å². The number of nitrogens with one attached hydrogen (secondary N) is 2. The lowest BCUT2D eigenvalue weighted by molar-refractivity contribution is -0.123. The van der Waals surface area contributed by atoms with E-state index in [1.165, 1.54) is 0 Å². The van der Waals surface area contributed by atoms with Crippen molar-refractivity contribution in [2.75, 3.05) is 6.61 Å². The Morgan fingerprint density at radius 2 is 1.81 bits per heavy atom. The van der Waals surface area contributed by atoms with Crippen LogP contribution < -0.4 is 15.6 Å². The highest BCUT2D eigenvalue weighted by Gasteiger charge is 2.20. The van der Waals surface area contributed by atoms with Gasteiger partial charge in [-0.15, -0.1) is 0 Å². The van der Waals surface area contributed by atoms with Crippen molar-refractivity contribution in [3.05, 3.63) is 63.1 Å². The van der Waals surface area contributed by atoms with E-state index in [9.17, 15) is 9.59 Å². The number of hydrogen-bond acceptors (Lipinski definition) is 3. The van der Waals surface area contributed by atoms with Crippen LogP contribution in [-0.4, -0.2) is 18.4 Å². The average molecular weight is 440 g/mol. The van der Waals surface area contributed by atoms with Crippen molar-refractivity contribution in [3.8, 4) is 5.75 Å². The van der Waals surface area contributed by atoms with E-state index in [1.807, 2.05) is 12.1 Å². The quantitative estimate of drug-likeness (QED) is 0.700. The van der Waals surface area contributed by atoms with Crippen molar-refractivity contribution in [1.29, 1.82) is 0 Å². The molecule has 0 aliphatic rings. The normalized spacial score (nSPS) is 11.0. The number of hydrazine groups is 1. The molecule has 0 aliphatic heterocycles. The van der Waals surface area contributed by atoms with Crippen molar-refractivity contribution in [2.24, 2.45) is 0 Å². The third kappa shape index (κ3) is 5.47. The lowest BCUT2D eigenvalue weighted by Crippen LogP contribution is -2.44. The van der Waals surface area contributed by atoms with Crippen LogP contribution in [0.4, 0.5) is 0 Å². The fourth-order valence-electron chi connectivity index (χ4n) is 2.23. The lowest BCUT2D eigenvalue weighted by atomic mass is 9.86. The third-order valence-electron chi connectivity index (χ3n) is 3.54. The zero-order chi connectivity index (χ0) is 19.3. The van der Waals surface area contributed by atoms with Gasteiger partial charge in [0.15, 0.2) is 6.61 Å². The first-order valence-electron chi connectivity index (χ1n) is 7.95. The standard InChI is InChI=1S/C19H20BrClN2O3/c1-19(2,3)14-10-12(20)8-9-16(14)26-11-17(24)22-23-18(25)13-6-4-5-7-15(13)21/h4-10H,11H2,1-3H3,(H,22,24)(H,23,25). The molecule has 138 valence electrons. The molecule has 2 aromatic rings. The van der Waals surface area contributed by atoms with Crippen LogP contribution in [0.3, 0.4) is 0 Å².